The number of hydrogen-bond donors (Lipinski definition) is 3. The summed E-state index contributed by atoms with van der Waals surface area (Å²) in [6.45, 7) is 0. The summed E-state index contributed by atoms with van der Waals surface area (Å²) >= 11 is 1.46. The van der Waals surface area contributed by atoms with Crippen molar-refractivity contribution in [2.75, 3.05) is 0 Å². The van der Waals surface area contributed by atoms with Crippen LogP contribution in [0.2, 0.25) is 0 Å². The van der Waals surface area contributed by atoms with Crippen LogP contribution in [0.25, 0.3) is 0 Å². The highest BCUT2D eigenvalue weighted by Crippen LogP contribution is 2.38. The largest absolute Gasteiger partial charge is 0.508 e. The molecule has 1 aromatic rings. The fourth-order valence-corrected chi connectivity index (χ4v) is 2.52. The maximum Gasteiger partial charge on any atom is 0.309 e. The molecule has 0 saturated carbocycles. The first-order chi connectivity index (χ1) is 7.66. The van der Waals surface area contributed by atoms with Gasteiger partial charge in [0.15, 0.2) is 0 Å². The molecular weight excluding hydrogens is 226 g/mol. The molecule has 5 heteroatoms. The molecule has 0 aromatic heterocycles. The van der Waals surface area contributed by atoms with Crippen LogP contribution in [0.15, 0.2) is 35.4 Å². The normalized spacial score (nSPS) is 19.0. The van der Waals surface area contributed by atoms with Gasteiger partial charge < -0.3 is 15.5 Å². The van der Waals surface area contributed by atoms with Crippen molar-refractivity contribution < 1.29 is 15.0 Å². The highest BCUT2D eigenvalue weighted by Gasteiger charge is 2.21. The van der Waals surface area contributed by atoms with E-state index in [9.17, 15) is 9.90 Å². The fraction of sp³-hybridized carbons (Fsp3) is 0.182. The lowest BCUT2D eigenvalue weighted by Crippen LogP contribution is -2.15. The van der Waals surface area contributed by atoms with Crippen molar-refractivity contribution >= 4 is 17.7 Å². The lowest BCUT2D eigenvalue weighted by molar-refractivity contribution is -0.136. The molecule has 0 amide bonds. The van der Waals surface area contributed by atoms with Crippen molar-refractivity contribution in [3.8, 4) is 5.75 Å². The van der Waals surface area contributed by atoms with Gasteiger partial charge in [-0.25, -0.2) is 0 Å². The molecule has 1 unspecified atom stereocenters. The van der Waals surface area contributed by atoms with Crippen LogP contribution < -0.4 is 5.32 Å². The van der Waals surface area contributed by atoms with Gasteiger partial charge in [-0.1, -0.05) is 18.2 Å². The second kappa shape index (κ2) is 4.49. The third-order valence-corrected chi connectivity index (χ3v) is 3.29. The summed E-state index contributed by atoms with van der Waals surface area (Å²) < 4.78 is 0. The zero-order valence-corrected chi connectivity index (χ0v) is 9.20. The Labute approximate surface area is 97.0 Å². The van der Waals surface area contributed by atoms with Crippen molar-refractivity contribution in [3.63, 3.8) is 0 Å². The van der Waals surface area contributed by atoms with Crippen LogP contribution in [0.4, 0.5) is 0 Å². The summed E-state index contributed by atoms with van der Waals surface area (Å²) in [6.07, 6.45) is -0.0168. The Balaban J connectivity index is 2.06. The predicted octanol–water partition coefficient (Wildman–Crippen LogP) is 2.04. The number of hydrogen-bond acceptors (Lipinski definition) is 4. The maximum absolute atomic E-state index is 10.5. The zero-order valence-electron chi connectivity index (χ0n) is 8.38. The number of phenols is 1. The molecule has 0 radical (unpaired) electrons. The molecule has 0 fully saturated rings. The molecule has 2 rings (SSSR count). The van der Waals surface area contributed by atoms with Crippen molar-refractivity contribution in [1.82, 2.24) is 5.32 Å². The van der Waals surface area contributed by atoms with Crippen LogP contribution in [-0.2, 0) is 4.79 Å². The van der Waals surface area contributed by atoms with Crippen molar-refractivity contribution in [1.29, 1.82) is 0 Å². The minimum Gasteiger partial charge on any atom is -0.508 e. The number of nitrogens with one attached hydrogen (secondary N) is 1. The first kappa shape index (κ1) is 10.9. The summed E-state index contributed by atoms with van der Waals surface area (Å²) in [5, 5.41) is 23.0. The number of rotatable bonds is 3. The van der Waals surface area contributed by atoms with Gasteiger partial charge in [0.2, 0.25) is 0 Å². The molecule has 16 heavy (non-hydrogen) atoms. The average Bonchev–Trinajstić information content (AvgIpc) is 2.66. The lowest BCUT2D eigenvalue weighted by atomic mass is 10.2. The van der Waals surface area contributed by atoms with Crippen LogP contribution in [0.5, 0.6) is 5.75 Å². The fourth-order valence-electron chi connectivity index (χ4n) is 1.50. The van der Waals surface area contributed by atoms with E-state index in [1.54, 1.807) is 17.5 Å². The van der Waals surface area contributed by atoms with E-state index in [1.165, 1.54) is 11.8 Å². The summed E-state index contributed by atoms with van der Waals surface area (Å²) in [4.78, 5) is 10.5. The molecule has 1 aliphatic heterocycles. The molecule has 84 valence electrons. The van der Waals surface area contributed by atoms with Gasteiger partial charge >= 0.3 is 5.97 Å². The minimum atomic E-state index is -0.864. The number of aromatic hydroxyl groups is 1. The van der Waals surface area contributed by atoms with Crippen LogP contribution in [-0.4, -0.2) is 16.2 Å². The Kier molecular flexibility index (Phi) is 3.05. The van der Waals surface area contributed by atoms with Gasteiger partial charge in [0.1, 0.15) is 11.1 Å². The number of carboxylic acids is 1. The molecule has 0 aliphatic carbocycles. The molecule has 1 atom stereocenters. The lowest BCUT2D eigenvalue weighted by Gasteiger charge is -2.13. The molecule has 1 heterocycles. The summed E-state index contributed by atoms with van der Waals surface area (Å²) in [7, 11) is 0. The monoisotopic (exact) mass is 237 g/mol. The number of aliphatic carboxylic acids is 1. The molecule has 0 saturated heterocycles. The molecule has 3 N–H and O–H groups in total. The standard InChI is InChI=1S/C11H11NO3S/c13-9-4-2-1-3-8(9)11-12-7(6-16-11)5-10(14)15/h1-4,6,11-13H,5H2,(H,14,15). The highest BCUT2D eigenvalue weighted by atomic mass is 32.2. The van der Waals surface area contributed by atoms with E-state index in [0.29, 0.717) is 5.70 Å². The van der Waals surface area contributed by atoms with E-state index in [0.717, 1.165) is 5.56 Å². The Morgan fingerprint density at radius 2 is 2.19 bits per heavy atom. The van der Waals surface area contributed by atoms with E-state index in [2.05, 4.69) is 5.32 Å². The number of benzene rings is 1. The topological polar surface area (TPSA) is 69.6 Å². The third-order valence-electron chi connectivity index (χ3n) is 2.22. The quantitative estimate of drug-likeness (QED) is 0.750. The zero-order chi connectivity index (χ0) is 11.5. The van der Waals surface area contributed by atoms with E-state index in [-0.39, 0.29) is 17.5 Å². The van der Waals surface area contributed by atoms with Gasteiger partial charge in [0, 0.05) is 11.3 Å². The summed E-state index contributed by atoms with van der Waals surface area (Å²) in [5.74, 6) is -0.644. The first-order valence-corrected chi connectivity index (χ1v) is 5.72. The van der Waals surface area contributed by atoms with E-state index < -0.39 is 5.97 Å². The Morgan fingerprint density at radius 1 is 1.44 bits per heavy atom. The number of thioether (sulfide) groups is 1. The van der Waals surface area contributed by atoms with Gasteiger partial charge in [-0.05, 0) is 11.5 Å². The SMILES string of the molecule is O=C(O)CC1=CSC(c2ccccc2O)N1. The number of carboxylic acid groups (broad SMARTS) is 1. The Bertz CT molecular complexity index is 445. The van der Waals surface area contributed by atoms with Gasteiger partial charge in [0.05, 0.1) is 6.42 Å². The highest BCUT2D eigenvalue weighted by molar-refractivity contribution is 8.02. The summed E-state index contributed by atoms with van der Waals surface area (Å²) in [6, 6.07) is 7.03. The van der Waals surface area contributed by atoms with E-state index in [1.807, 2.05) is 12.1 Å². The first-order valence-electron chi connectivity index (χ1n) is 4.77. The molecule has 4 nitrogen and oxygen atoms in total. The Morgan fingerprint density at radius 3 is 2.88 bits per heavy atom. The van der Waals surface area contributed by atoms with Crippen LogP contribution in [0.1, 0.15) is 17.4 Å². The van der Waals surface area contributed by atoms with Gasteiger partial charge in [0.25, 0.3) is 0 Å². The minimum absolute atomic E-state index is 0.0168. The summed E-state index contributed by atoms with van der Waals surface area (Å²) in [5.41, 5.74) is 1.44. The molecule has 0 bridgehead atoms. The van der Waals surface area contributed by atoms with Crippen LogP contribution in [0, 0.1) is 0 Å². The number of carbonyl (C=O) groups is 1. The van der Waals surface area contributed by atoms with Crippen molar-refractivity contribution in [2.24, 2.45) is 0 Å². The van der Waals surface area contributed by atoms with Crippen molar-refractivity contribution in [3.05, 3.63) is 40.9 Å². The number of para-hydroxylation sites is 1. The molecular formula is C11H11NO3S. The van der Waals surface area contributed by atoms with Gasteiger partial charge in [-0.3, -0.25) is 4.79 Å². The number of phenolic OH excluding ortho intramolecular Hbond substituents is 1. The van der Waals surface area contributed by atoms with Crippen LogP contribution in [0.3, 0.4) is 0 Å². The predicted molar refractivity (Wildman–Crippen MR) is 61.9 cm³/mol. The van der Waals surface area contributed by atoms with E-state index in [4.69, 9.17) is 5.11 Å². The van der Waals surface area contributed by atoms with Gasteiger partial charge in [-0.15, -0.1) is 11.8 Å². The van der Waals surface area contributed by atoms with Crippen molar-refractivity contribution in [2.45, 2.75) is 11.8 Å². The van der Waals surface area contributed by atoms with E-state index >= 15 is 0 Å². The smallest absolute Gasteiger partial charge is 0.309 e. The Hall–Kier alpha value is -1.62. The molecule has 1 aromatic carbocycles. The van der Waals surface area contributed by atoms with Crippen LogP contribution >= 0.6 is 11.8 Å². The maximum atomic E-state index is 10.5. The second-order valence-electron chi connectivity index (χ2n) is 3.43. The third kappa shape index (κ3) is 2.30. The van der Waals surface area contributed by atoms with Gasteiger partial charge in [-0.2, -0.15) is 0 Å². The average molecular weight is 237 g/mol. The second-order valence-corrected chi connectivity index (χ2v) is 4.41. The molecule has 0 spiro atoms. The molecule has 1 aliphatic rings.